The van der Waals surface area contributed by atoms with Crippen LogP contribution in [0.1, 0.15) is 6.92 Å². The number of anilines is 2. The second-order valence-corrected chi connectivity index (χ2v) is 4.81. The third-order valence-corrected chi connectivity index (χ3v) is 3.21. The maximum absolute atomic E-state index is 13.9. The van der Waals surface area contributed by atoms with Crippen molar-refractivity contribution in [2.75, 3.05) is 23.9 Å². The zero-order valence-electron chi connectivity index (χ0n) is 12.9. The minimum absolute atomic E-state index is 0.0650. The smallest absolute Gasteiger partial charge is 0.244 e. The Morgan fingerprint density at radius 1 is 1.13 bits per heavy atom. The van der Waals surface area contributed by atoms with E-state index in [0.29, 0.717) is 11.4 Å². The van der Waals surface area contributed by atoms with Crippen molar-refractivity contribution in [2.45, 2.75) is 6.92 Å². The summed E-state index contributed by atoms with van der Waals surface area (Å²) in [6.45, 7) is 0.983. The number of ether oxygens (including phenoxy) is 1. The van der Waals surface area contributed by atoms with Gasteiger partial charge in [0, 0.05) is 6.92 Å². The number of amides is 2. The van der Waals surface area contributed by atoms with Gasteiger partial charge in [0.2, 0.25) is 11.8 Å². The molecule has 1 N–H and O–H groups in total. The van der Waals surface area contributed by atoms with Crippen molar-refractivity contribution in [3.8, 4) is 5.75 Å². The molecular weight excluding hydrogens is 299 g/mol. The zero-order chi connectivity index (χ0) is 16.8. The number of para-hydroxylation sites is 3. The van der Waals surface area contributed by atoms with Gasteiger partial charge in [-0.05, 0) is 24.3 Å². The van der Waals surface area contributed by atoms with E-state index in [2.05, 4.69) is 5.32 Å². The van der Waals surface area contributed by atoms with E-state index >= 15 is 0 Å². The third-order valence-electron chi connectivity index (χ3n) is 3.21. The Labute approximate surface area is 133 Å². The molecule has 0 atom stereocenters. The van der Waals surface area contributed by atoms with E-state index in [1.807, 2.05) is 0 Å². The van der Waals surface area contributed by atoms with E-state index in [9.17, 15) is 14.0 Å². The Morgan fingerprint density at radius 3 is 2.43 bits per heavy atom. The molecule has 0 saturated heterocycles. The molecule has 0 radical (unpaired) electrons. The van der Waals surface area contributed by atoms with Gasteiger partial charge >= 0.3 is 0 Å². The van der Waals surface area contributed by atoms with E-state index in [0.717, 1.165) is 4.90 Å². The Balaban J connectivity index is 2.16. The lowest BCUT2D eigenvalue weighted by molar-refractivity contribution is -0.120. The van der Waals surface area contributed by atoms with Crippen molar-refractivity contribution >= 4 is 23.2 Å². The number of benzene rings is 2. The van der Waals surface area contributed by atoms with Gasteiger partial charge < -0.3 is 15.0 Å². The highest BCUT2D eigenvalue weighted by molar-refractivity contribution is 6.02. The summed E-state index contributed by atoms with van der Waals surface area (Å²) in [5.41, 5.74) is 0.548. The number of nitrogens with one attached hydrogen (secondary N) is 1. The van der Waals surface area contributed by atoms with Gasteiger partial charge in [0.15, 0.2) is 0 Å². The first-order valence-electron chi connectivity index (χ1n) is 6.98. The van der Waals surface area contributed by atoms with Crippen LogP contribution in [0.25, 0.3) is 0 Å². The molecule has 0 bridgehead atoms. The quantitative estimate of drug-likeness (QED) is 0.923. The summed E-state index contributed by atoms with van der Waals surface area (Å²) in [7, 11) is 1.49. The molecule has 6 heteroatoms. The van der Waals surface area contributed by atoms with Crippen LogP contribution in [0.4, 0.5) is 15.8 Å². The molecule has 0 aliphatic heterocycles. The minimum atomic E-state index is -0.562. The molecular formula is C17H17FN2O3. The SMILES string of the molecule is COc1ccccc1NC(=O)CN(C(C)=O)c1ccccc1F. The molecule has 2 aromatic rings. The molecule has 2 amide bonds. The number of methoxy groups -OCH3 is 1. The molecule has 0 aliphatic rings. The van der Waals surface area contributed by atoms with Gasteiger partial charge in [-0.25, -0.2) is 4.39 Å². The van der Waals surface area contributed by atoms with Crippen LogP contribution < -0.4 is 15.0 Å². The standard InChI is InChI=1S/C17H17FN2O3/c1-12(21)20(15-9-5-3-7-13(15)18)11-17(22)19-14-8-4-6-10-16(14)23-2/h3-10H,11H2,1-2H3,(H,19,22). The third kappa shape index (κ3) is 4.06. The highest BCUT2D eigenvalue weighted by Gasteiger charge is 2.19. The van der Waals surface area contributed by atoms with Gasteiger partial charge in [-0.2, -0.15) is 0 Å². The molecule has 23 heavy (non-hydrogen) atoms. The lowest BCUT2D eigenvalue weighted by Crippen LogP contribution is -2.37. The number of halogens is 1. The van der Waals surface area contributed by atoms with Crippen molar-refractivity contribution in [1.82, 2.24) is 0 Å². The minimum Gasteiger partial charge on any atom is -0.495 e. The molecule has 0 saturated carbocycles. The molecule has 0 heterocycles. The molecule has 0 spiro atoms. The number of carbonyl (C=O) groups is 2. The second-order valence-electron chi connectivity index (χ2n) is 4.81. The monoisotopic (exact) mass is 316 g/mol. The number of hydrogen-bond donors (Lipinski definition) is 1. The average molecular weight is 316 g/mol. The Hall–Kier alpha value is -2.89. The molecule has 2 aromatic carbocycles. The van der Waals surface area contributed by atoms with Crippen molar-refractivity contribution in [3.05, 3.63) is 54.3 Å². The lowest BCUT2D eigenvalue weighted by atomic mass is 10.2. The summed E-state index contributed by atoms with van der Waals surface area (Å²) in [4.78, 5) is 25.0. The zero-order valence-corrected chi connectivity index (χ0v) is 12.9. The van der Waals surface area contributed by atoms with E-state index in [-0.39, 0.29) is 12.2 Å². The van der Waals surface area contributed by atoms with Gasteiger partial charge in [-0.1, -0.05) is 24.3 Å². The van der Waals surface area contributed by atoms with Crippen LogP contribution in [0, 0.1) is 5.82 Å². The van der Waals surface area contributed by atoms with E-state index in [1.54, 1.807) is 30.3 Å². The van der Waals surface area contributed by atoms with Crippen LogP contribution in [0.15, 0.2) is 48.5 Å². The fourth-order valence-corrected chi connectivity index (χ4v) is 2.12. The predicted octanol–water partition coefficient (Wildman–Crippen LogP) is 2.83. The first-order chi connectivity index (χ1) is 11.0. The van der Waals surface area contributed by atoms with Crippen LogP contribution in [0.3, 0.4) is 0 Å². The van der Waals surface area contributed by atoms with Gasteiger partial charge in [0.05, 0.1) is 18.5 Å². The van der Waals surface area contributed by atoms with Crippen molar-refractivity contribution in [3.63, 3.8) is 0 Å². The summed E-state index contributed by atoms with van der Waals surface area (Å²) >= 11 is 0. The van der Waals surface area contributed by atoms with Crippen molar-refractivity contribution < 1.29 is 18.7 Å². The number of hydrogen-bond acceptors (Lipinski definition) is 3. The summed E-state index contributed by atoms with van der Waals surface area (Å²) < 4.78 is 19.0. The summed E-state index contributed by atoms with van der Waals surface area (Å²) in [6, 6.07) is 12.7. The Kier molecular flexibility index (Phi) is 5.30. The maximum Gasteiger partial charge on any atom is 0.244 e. The number of carbonyl (C=O) groups excluding carboxylic acids is 2. The maximum atomic E-state index is 13.9. The lowest BCUT2D eigenvalue weighted by Gasteiger charge is -2.21. The molecule has 0 aromatic heterocycles. The van der Waals surface area contributed by atoms with Crippen LogP contribution in [0.2, 0.25) is 0 Å². The summed E-state index contributed by atoms with van der Waals surface area (Å²) in [5.74, 6) is -0.938. The van der Waals surface area contributed by atoms with Gasteiger partial charge in [0.1, 0.15) is 18.1 Å². The normalized spacial score (nSPS) is 10.0. The fourth-order valence-electron chi connectivity index (χ4n) is 2.12. The average Bonchev–Trinajstić information content (AvgIpc) is 2.53. The highest BCUT2D eigenvalue weighted by Crippen LogP contribution is 2.23. The first-order valence-corrected chi connectivity index (χ1v) is 6.98. The van der Waals surface area contributed by atoms with Crippen LogP contribution in [-0.2, 0) is 9.59 Å². The Bertz CT molecular complexity index is 718. The predicted molar refractivity (Wildman–Crippen MR) is 86.1 cm³/mol. The van der Waals surface area contributed by atoms with Gasteiger partial charge in [0.25, 0.3) is 0 Å². The van der Waals surface area contributed by atoms with Crippen molar-refractivity contribution in [2.24, 2.45) is 0 Å². The first kappa shape index (κ1) is 16.5. The number of rotatable bonds is 5. The molecule has 5 nitrogen and oxygen atoms in total. The molecule has 0 fully saturated rings. The van der Waals surface area contributed by atoms with Crippen LogP contribution in [-0.4, -0.2) is 25.5 Å². The second kappa shape index (κ2) is 7.40. The van der Waals surface area contributed by atoms with Gasteiger partial charge in [-0.15, -0.1) is 0 Å². The molecule has 0 aliphatic carbocycles. The molecule has 2 rings (SSSR count). The van der Waals surface area contributed by atoms with Gasteiger partial charge in [-0.3, -0.25) is 9.59 Å². The summed E-state index contributed by atoms with van der Waals surface area (Å²) in [5, 5.41) is 2.66. The van der Waals surface area contributed by atoms with Crippen molar-refractivity contribution in [1.29, 1.82) is 0 Å². The largest absolute Gasteiger partial charge is 0.495 e. The van der Waals surface area contributed by atoms with E-state index in [4.69, 9.17) is 4.74 Å². The number of nitrogens with zero attached hydrogens (tertiary/aromatic N) is 1. The topological polar surface area (TPSA) is 58.6 Å². The molecule has 120 valence electrons. The van der Waals surface area contributed by atoms with Crippen LogP contribution >= 0.6 is 0 Å². The Morgan fingerprint density at radius 2 is 1.78 bits per heavy atom. The van der Waals surface area contributed by atoms with E-state index in [1.165, 1.54) is 32.2 Å². The van der Waals surface area contributed by atoms with Crippen LogP contribution in [0.5, 0.6) is 5.75 Å². The highest BCUT2D eigenvalue weighted by atomic mass is 19.1. The fraction of sp³-hybridized carbons (Fsp3) is 0.176. The van der Waals surface area contributed by atoms with E-state index < -0.39 is 17.6 Å². The molecule has 0 unspecified atom stereocenters. The summed E-state index contributed by atoms with van der Waals surface area (Å²) in [6.07, 6.45) is 0.